The lowest BCUT2D eigenvalue weighted by Crippen LogP contribution is -2.12. The molecular weight excluding hydrogens is 276 g/mol. The van der Waals surface area contributed by atoms with Gasteiger partial charge in [0.1, 0.15) is 5.01 Å². The quantitative estimate of drug-likeness (QED) is 0.796. The van der Waals surface area contributed by atoms with Gasteiger partial charge in [-0.2, -0.15) is 0 Å². The van der Waals surface area contributed by atoms with Crippen LogP contribution < -0.4 is 5.32 Å². The predicted molar refractivity (Wildman–Crippen MR) is 93.1 cm³/mol. The van der Waals surface area contributed by atoms with Crippen LogP contribution in [0.1, 0.15) is 62.6 Å². The number of nitrogens with one attached hydrogen (secondary N) is 1. The van der Waals surface area contributed by atoms with E-state index in [2.05, 4.69) is 64.2 Å². The molecule has 1 aromatic carbocycles. The molecule has 2 rings (SSSR count). The van der Waals surface area contributed by atoms with Crippen molar-refractivity contribution in [1.82, 2.24) is 10.3 Å². The van der Waals surface area contributed by atoms with Crippen LogP contribution in [0.25, 0.3) is 10.6 Å². The van der Waals surface area contributed by atoms with Crippen molar-refractivity contribution >= 4 is 11.3 Å². The van der Waals surface area contributed by atoms with Crippen molar-refractivity contribution in [2.75, 3.05) is 6.54 Å². The van der Waals surface area contributed by atoms with Gasteiger partial charge in [-0.15, -0.1) is 11.3 Å². The Bertz CT molecular complexity index is 567. The van der Waals surface area contributed by atoms with Gasteiger partial charge < -0.3 is 5.32 Å². The number of nitrogens with zero attached hydrogens (tertiary/aromatic N) is 1. The largest absolute Gasteiger partial charge is 0.312 e. The van der Waals surface area contributed by atoms with Crippen molar-refractivity contribution in [3.63, 3.8) is 0 Å². The lowest BCUT2D eigenvalue weighted by molar-refractivity contribution is 0.714. The van der Waals surface area contributed by atoms with E-state index in [-0.39, 0.29) is 0 Å². The molecule has 3 heteroatoms. The van der Waals surface area contributed by atoms with Gasteiger partial charge >= 0.3 is 0 Å². The van der Waals surface area contributed by atoms with Crippen molar-refractivity contribution in [1.29, 1.82) is 0 Å². The first kappa shape index (κ1) is 16.2. The van der Waals surface area contributed by atoms with Gasteiger partial charge in [0.05, 0.1) is 5.69 Å². The molecule has 1 heterocycles. The number of thiazole rings is 1. The zero-order valence-corrected chi connectivity index (χ0v) is 14.6. The Balaban J connectivity index is 2.30. The van der Waals surface area contributed by atoms with Crippen LogP contribution in [0.5, 0.6) is 0 Å². The molecule has 1 aromatic heterocycles. The Morgan fingerprint density at radius 2 is 1.71 bits per heavy atom. The van der Waals surface area contributed by atoms with E-state index in [1.54, 1.807) is 0 Å². The van der Waals surface area contributed by atoms with Crippen LogP contribution in [0.15, 0.2) is 24.3 Å². The van der Waals surface area contributed by atoms with Gasteiger partial charge in [-0.1, -0.05) is 58.9 Å². The summed E-state index contributed by atoms with van der Waals surface area (Å²) < 4.78 is 0. The second-order valence-electron chi connectivity index (χ2n) is 6.04. The summed E-state index contributed by atoms with van der Waals surface area (Å²) in [5.41, 5.74) is 3.85. The number of benzene rings is 1. The highest BCUT2D eigenvalue weighted by Crippen LogP contribution is 2.32. The Morgan fingerprint density at radius 1 is 1.05 bits per heavy atom. The first-order chi connectivity index (χ1) is 10.0. The van der Waals surface area contributed by atoms with E-state index in [1.165, 1.54) is 21.7 Å². The predicted octanol–water partition coefficient (Wildman–Crippen LogP) is 5.17. The number of rotatable bonds is 6. The normalized spacial score (nSPS) is 11.6. The minimum absolute atomic E-state index is 0.471. The topological polar surface area (TPSA) is 24.9 Å². The lowest BCUT2D eigenvalue weighted by atomic mass is 10.0. The highest BCUT2D eigenvalue weighted by atomic mass is 32.1. The molecule has 1 N–H and O–H groups in total. The maximum absolute atomic E-state index is 4.89. The summed E-state index contributed by atoms with van der Waals surface area (Å²) in [6, 6.07) is 8.85. The first-order valence-electron chi connectivity index (χ1n) is 7.83. The molecule has 0 bridgehead atoms. The smallest absolute Gasteiger partial charge is 0.123 e. The number of aromatic nitrogens is 1. The van der Waals surface area contributed by atoms with Crippen LogP contribution in [-0.2, 0) is 6.54 Å². The van der Waals surface area contributed by atoms with Crippen molar-refractivity contribution in [3.8, 4) is 10.6 Å². The summed E-state index contributed by atoms with van der Waals surface area (Å²) in [6.07, 6.45) is 0. The molecule has 0 unspecified atom stereocenters. The molecule has 0 fully saturated rings. The SMILES string of the molecule is CCNCc1sc(-c2ccc(C(C)C)cc2)nc1C(C)C. The van der Waals surface area contributed by atoms with Crippen molar-refractivity contribution in [2.24, 2.45) is 0 Å². The maximum Gasteiger partial charge on any atom is 0.123 e. The van der Waals surface area contributed by atoms with E-state index in [0.29, 0.717) is 11.8 Å². The third-order valence-corrected chi connectivity index (χ3v) is 4.75. The fourth-order valence-corrected chi connectivity index (χ4v) is 3.51. The molecule has 114 valence electrons. The van der Waals surface area contributed by atoms with Crippen LogP contribution in [0, 0.1) is 0 Å². The first-order valence-corrected chi connectivity index (χ1v) is 8.65. The molecule has 0 radical (unpaired) electrons. The molecule has 2 aromatic rings. The molecule has 0 spiro atoms. The fourth-order valence-electron chi connectivity index (χ4n) is 2.31. The van der Waals surface area contributed by atoms with Gasteiger partial charge in [0.15, 0.2) is 0 Å². The second kappa shape index (κ2) is 7.19. The Kier molecular flexibility index (Phi) is 5.54. The van der Waals surface area contributed by atoms with Crippen LogP contribution in [-0.4, -0.2) is 11.5 Å². The molecule has 0 amide bonds. The number of hydrogen-bond acceptors (Lipinski definition) is 3. The van der Waals surface area contributed by atoms with E-state index in [9.17, 15) is 0 Å². The van der Waals surface area contributed by atoms with Crippen molar-refractivity contribution in [2.45, 2.75) is 53.0 Å². The molecule has 0 saturated carbocycles. The summed E-state index contributed by atoms with van der Waals surface area (Å²) in [7, 11) is 0. The Morgan fingerprint density at radius 3 is 2.24 bits per heavy atom. The zero-order chi connectivity index (χ0) is 15.4. The molecule has 0 aliphatic rings. The van der Waals surface area contributed by atoms with Crippen LogP contribution in [0.4, 0.5) is 0 Å². The van der Waals surface area contributed by atoms with Gasteiger partial charge in [0.25, 0.3) is 0 Å². The standard InChI is InChI=1S/C18H26N2S/c1-6-19-11-16-17(13(4)5)20-18(21-16)15-9-7-14(8-10-15)12(2)3/h7-10,12-13,19H,6,11H2,1-5H3. The van der Waals surface area contributed by atoms with E-state index < -0.39 is 0 Å². The summed E-state index contributed by atoms with van der Waals surface area (Å²) in [5.74, 6) is 1.05. The van der Waals surface area contributed by atoms with E-state index >= 15 is 0 Å². The van der Waals surface area contributed by atoms with E-state index in [1.807, 2.05) is 11.3 Å². The van der Waals surface area contributed by atoms with Crippen molar-refractivity contribution < 1.29 is 0 Å². The lowest BCUT2D eigenvalue weighted by Gasteiger charge is -2.05. The monoisotopic (exact) mass is 302 g/mol. The number of hydrogen-bond donors (Lipinski definition) is 1. The molecular formula is C18H26N2S. The average Bonchev–Trinajstić information content (AvgIpc) is 2.89. The second-order valence-corrected chi connectivity index (χ2v) is 7.12. The molecule has 0 aliphatic carbocycles. The summed E-state index contributed by atoms with van der Waals surface area (Å²) >= 11 is 1.82. The molecule has 21 heavy (non-hydrogen) atoms. The van der Waals surface area contributed by atoms with Gasteiger partial charge in [0, 0.05) is 17.0 Å². The zero-order valence-electron chi connectivity index (χ0n) is 13.7. The fraction of sp³-hybridized carbons (Fsp3) is 0.500. The van der Waals surface area contributed by atoms with Gasteiger partial charge in [-0.3, -0.25) is 0 Å². The Labute approximate surface area is 132 Å². The summed E-state index contributed by atoms with van der Waals surface area (Å²) in [5, 5.41) is 4.56. The minimum Gasteiger partial charge on any atom is -0.312 e. The summed E-state index contributed by atoms with van der Waals surface area (Å²) in [4.78, 5) is 6.26. The summed E-state index contributed by atoms with van der Waals surface area (Å²) in [6.45, 7) is 12.9. The van der Waals surface area contributed by atoms with Crippen molar-refractivity contribution in [3.05, 3.63) is 40.4 Å². The van der Waals surface area contributed by atoms with E-state index in [0.717, 1.165) is 18.1 Å². The molecule has 2 nitrogen and oxygen atoms in total. The van der Waals surface area contributed by atoms with Gasteiger partial charge in [-0.25, -0.2) is 4.98 Å². The van der Waals surface area contributed by atoms with Crippen LogP contribution in [0.3, 0.4) is 0 Å². The maximum atomic E-state index is 4.89. The molecule has 0 saturated heterocycles. The highest BCUT2D eigenvalue weighted by Gasteiger charge is 2.15. The van der Waals surface area contributed by atoms with E-state index in [4.69, 9.17) is 4.98 Å². The van der Waals surface area contributed by atoms with Crippen LogP contribution in [0.2, 0.25) is 0 Å². The highest BCUT2D eigenvalue weighted by molar-refractivity contribution is 7.15. The van der Waals surface area contributed by atoms with Gasteiger partial charge in [0.2, 0.25) is 0 Å². The molecule has 0 atom stereocenters. The molecule has 0 aliphatic heterocycles. The Hall–Kier alpha value is -1.19. The third-order valence-electron chi connectivity index (χ3n) is 3.63. The third kappa shape index (κ3) is 3.92. The minimum atomic E-state index is 0.471. The average molecular weight is 302 g/mol. The van der Waals surface area contributed by atoms with Crippen LogP contribution >= 0.6 is 11.3 Å². The van der Waals surface area contributed by atoms with Gasteiger partial charge in [-0.05, 0) is 23.9 Å².